The second-order valence-corrected chi connectivity index (χ2v) is 8.91. The van der Waals surface area contributed by atoms with Gasteiger partial charge < -0.3 is 4.90 Å². The minimum Gasteiger partial charge on any atom is -0.311 e. The summed E-state index contributed by atoms with van der Waals surface area (Å²) in [5.74, 6) is 0.133. The van der Waals surface area contributed by atoms with Gasteiger partial charge in [-0.3, -0.25) is 14.9 Å². The van der Waals surface area contributed by atoms with Crippen LogP contribution < -0.4 is 10.2 Å². The van der Waals surface area contributed by atoms with Crippen LogP contribution in [0.25, 0.3) is 0 Å². The zero-order chi connectivity index (χ0) is 20.2. The van der Waals surface area contributed by atoms with Gasteiger partial charge in [0.25, 0.3) is 5.91 Å². The zero-order valence-corrected chi connectivity index (χ0v) is 17.6. The van der Waals surface area contributed by atoms with Crippen molar-refractivity contribution in [3.8, 4) is 0 Å². The molecule has 0 saturated heterocycles. The van der Waals surface area contributed by atoms with Gasteiger partial charge in [0.1, 0.15) is 0 Å². The summed E-state index contributed by atoms with van der Waals surface area (Å²) >= 11 is 2.62. The van der Waals surface area contributed by atoms with E-state index in [-0.39, 0.29) is 17.6 Å². The Balaban J connectivity index is 1.36. The number of carbonyl (C=O) groups is 2. The quantitative estimate of drug-likeness (QED) is 0.491. The van der Waals surface area contributed by atoms with Gasteiger partial charge in [-0.25, -0.2) is 0 Å². The molecule has 1 aromatic heterocycles. The van der Waals surface area contributed by atoms with Gasteiger partial charge in [-0.15, -0.1) is 10.2 Å². The molecule has 2 heterocycles. The van der Waals surface area contributed by atoms with E-state index in [0.29, 0.717) is 15.0 Å². The molecule has 3 aromatic rings. The lowest BCUT2D eigenvalue weighted by Gasteiger charge is -2.29. The molecule has 1 aliphatic rings. The third-order valence-corrected chi connectivity index (χ3v) is 6.70. The van der Waals surface area contributed by atoms with Gasteiger partial charge in [0, 0.05) is 17.8 Å². The molecule has 0 atom stereocenters. The van der Waals surface area contributed by atoms with Crippen LogP contribution in [0.2, 0.25) is 0 Å². The van der Waals surface area contributed by atoms with E-state index in [4.69, 9.17) is 0 Å². The van der Waals surface area contributed by atoms with Crippen molar-refractivity contribution in [2.45, 2.75) is 24.1 Å². The number of aryl methyl sites for hydroxylation is 2. The molecule has 0 aliphatic carbocycles. The number of benzene rings is 2. The molecular weight excluding hydrogens is 404 g/mol. The van der Waals surface area contributed by atoms with Gasteiger partial charge in [0.2, 0.25) is 11.0 Å². The van der Waals surface area contributed by atoms with Crippen LogP contribution >= 0.6 is 23.1 Å². The maximum Gasteiger partial charge on any atom is 0.257 e. The van der Waals surface area contributed by atoms with Gasteiger partial charge in [-0.1, -0.05) is 59.5 Å². The smallest absolute Gasteiger partial charge is 0.257 e. The van der Waals surface area contributed by atoms with Gasteiger partial charge in [-0.2, -0.15) is 0 Å². The summed E-state index contributed by atoms with van der Waals surface area (Å²) in [6.07, 6.45) is 1.98. The SMILES string of the molecule is Cc1ccccc1C(=O)Nc1nnc(SCC(=O)N2CCCc3ccccc32)s1. The van der Waals surface area contributed by atoms with E-state index < -0.39 is 0 Å². The first-order valence-electron chi connectivity index (χ1n) is 9.33. The molecule has 148 valence electrons. The Morgan fingerprint density at radius 2 is 1.93 bits per heavy atom. The second-order valence-electron chi connectivity index (χ2n) is 6.71. The van der Waals surface area contributed by atoms with Crippen LogP contribution in [0.15, 0.2) is 52.9 Å². The van der Waals surface area contributed by atoms with Crippen LogP contribution in [0.1, 0.15) is 27.9 Å². The number of aromatic nitrogens is 2. The van der Waals surface area contributed by atoms with Crippen LogP contribution in [0.4, 0.5) is 10.8 Å². The van der Waals surface area contributed by atoms with Gasteiger partial charge >= 0.3 is 0 Å². The topological polar surface area (TPSA) is 75.2 Å². The summed E-state index contributed by atoms with van der Waals surface area (Å²) in [4.78, 5) is 27.0. The van der Waals surface area contributed by atoms with E-state index in [9.17, 15) is 9.59 Å². The average Bonchev–Trinajstić information content (AvgIpc) is 3.19. The number of hydrogen-bond acceptors (Lipinski definition) is 6. The molecule has 1 N–H and O–H groups in total. The summed E-state index contributed by atoms with van der Waals surface area (Å²) in [6, 6.07) is 15.4. The fourth-order valence-electron chi connectivity index (χ4n) is 3.30. The lowest BCUT2D eigenvalue weighted by Crippen LogP contribution is -2.36. The number of carbonyl (C=O) groups excluding carboxylic acids is 2. The highest BCUT2D eigenvalue weighted by Gasteiger charge is 2.22. The Kier molecular flexibility index (Phi) is 5.92. The number of fused-ring (bicyclic) bond motifs is 1. The molecule has 2 aromatic carbocycles. The third-order valence-electron chi connectivity index (χ3n) is 4.75. The Morgan fingerprint density at radius 3 is 2.79 bits per heavy atom. The van der Waals surface area contributed by atoms with Crippen molar-refractivity contribution < 1.29 is 9.59 Å². The molecule has 0 unspecified atom stereocenters. The van der Waals surface area contributed by atoms with Gasteiger partial charge in [0.15, 0.2) is 4.34 Å². The molecule has 0 bridgehead atoms. The summed E-state index contributed by atoms with van der Waals surface area (Å²) < 4.78 is 0.656. The summed E-state index contributed by atoms with van der Waals surface area (Å²) in [5, 5.41) is 11.3. The zero-order valence-electron chi connectivity index (χ0n) is 15.9. The molecule has 0 spiro atoms. The summed E-state index contributed by atoms with van der Waals surface area (Å²) in [5.41, 5.74) is 3.73. The number of para-hydroxylation sites is 1. The van der Waals surface area contributed by atoms with E-state index in [1.54, 1.807) is 6.07 Å². The first-order chi connectivity index (χ1) is 14.1. The molecule has 6 nitrogen and oxygen atoms in total. The fraction of sp³-hybridized carbons (Fsp3) is 0.238. The number of thioether (sulfide) groups is 1. The lowest BCUT2D eigenvalue weighted by molar-refractivity contribution is -0.116. The minimum absolute atomic E-state index is 0.0582. The molecule has 2 amide bonds. The standard InChI is InChI=1S/C21H20N4O2S2/c1-14-7-2-4-10-16(14)19(27)22-20-23-24-21(29-20)28-13-18(26)25-12-6-9-15-8-3-5-11-17(15)25/h2-5,7-8,10-11H,6,9,12-13H2,1H3,(H,22,23,27). The van der Waals surface area contributed by atoms with Gasteiger partial charge in [-0.05, 0) is 43.0 Å². The maximum absolute atomic E-state index is 12.7. The van der Waals surface area contributed by atoms with E-state index >= 15 is 0 Å². The number of hydrogen-bond donors (Lipinski definition) is 1. The van der Waals surface area contributed by atoms with E-state index in [1.807, 2.05) is 48.2 Å². The Morgan fingerprint density at radius 1 is 1.14 bits per heavy atom. The number of nitrogens with one attached hydrogen (secondary N) is 1. The van der Waals surface area contributed by atoms with Crippen molar-refractivity contribution in [1.29, 1.82) is 0 Å². The van der Waals surface area contributed by atoms with E-state index in [2.05, 4.69) is 21.6 Å². The number of nitrogens with zero attached hydrogens (tertiary/aromatic N) is 3. The predicted molar refractivity (Wildman–Crippen MR) is 117 cm³/mol. The Hall–Kier alpha value is -2.71. The average molecular weight is 425 g/mol. The number of rotatable bonds is 5. The summed E-state index contributed by atoms with van der Waals surface area (Å²) in [7, 11) is 0. The number of amides is 2. The van der Waals surface area contributed by atoms with Crippen molar-refractivity contribution in [3.05, 3.63) is 65.2 Å². The van der Waals surface area contributed by atoms with Crippen molar-refractivity contribution in [1.82, 2.24) is 10.2 Å². The van der Waals surface area contributed by atoms with Crippen LogP contribution in [0, 0.1) is 6.92 Å². The van der Waals surface area contributed by atoms with E-state index in [0.717, 1.165) is 30.6 Å². The molecule has 4 rings (SSSR count). The maximum atomic E-state index is 12.7. The highest BCUT2D eigenvalue weighted by atomic mass is 32.2. The normalized spacial score (nSPS) is 13.1. The lowest BCUT2D eigenvalue weighted by atomic mass is 10.0. The molecule has 1 aliphatic heterocycles. The fourth-order valence-corrected chi connectivity index (χ4v) is 4.93. The summed E-state index contributed by atoms with van der Waals surface area (Å²) in [6.45, 7) is 2.63. The molecule has 0 saturated carbocycles. The molecular formula is C21H20N4O2S2. The van der Waals surface area contributed by atoms with Gasteiger partial charge in [0.05, 0.1) is 5.75 Å². The van der Waals surface area contributed by atoms with Crippen molar-refractivity contribution >= 4 is 45.7 Å². The Labute approximate surface area is 177 Å². The Bertz CT molecular complexity index is 1050. The van der Waals surface area contributed by atoms with Crippen LogP contribution in [0.5, 0.6) is 0 Å². The van der Waals surface area contributed by atoms with E-state index in [1.165, 1.54) is 28.7 Å². The monoisotopic (exact) mass is 424 g/mol. The number of anilines is 2. The molecule has 29 heavy (non-hydrogen) atoms. The molecule has 8 heteroatoms. The molecule has 0 fully saturated rings. The first kappa shape index (κ1) is 19.6. The van der Waals surface area contributed by atoms with Crippen LogP contribution in [-0.2, 0) is 11.2 Å². The third kappa shape index (κ3) is 4.49. The van der Waals surface area contributed by atoms with Crippen molar-refractivity contribution in [3.63, 3.8) is 0 Å². The largest absolute Gasteiger partial charge is 0.311 e. The predicted octanol–water partition coefficient (Wildman–Crippen LogP) is 4.17. The minimum atomic E-state index is -0.211. The van der Waals surface area contributed by atoms with Crippen LogP contribution in [-0.4, -0.2) is 34.3 Å². The second kappa shape index (κ2) is 8.75. The highest BCUT2D eigenvalue weighted by Crippen LogP contribution is 2.30. The highest BCUT2D eigenvalue weighted by molar-refractivity contribution is 8.01. The van der Waals surface area contributed by atoms with Crippen LogP contribution in [0.3, 0.4) is 0 Å². The first-order valence-corrected chi connectivity index (χ1v) is 11.1. The molecule has 0 radical (unpaired) electrons. The van der Waals surface area contributed by atoms with Crippen molar-refractivity contribution in [2.24, 2.45) is 0 Å². The van der Waals surface area contributed by atoms with Crippen molar-refractivity contribution in [2.75, 3.05) is 22.5 Å².